The molecule has 10 heteroatoms. The first-order valence-corrected chi connectivity index (χ1v) is 11.1. The molecular formula is C23H34IN7O2. The smallest absolute Gasteiger partial charge is 0.251 e. The molecule has 2 heterocycles. The van der Waals surface area contributed by atoms with Crippen molar-refractivity contribution in [3.8, 4) is 0 Å². The van der Waals surface area contributed by atoms with Gasteiger partial charge in [-0.2, -0.15) is 5.10 Å². The second kappa shape index (κ2) is 12.6. The van der Waals surface area contributed by atoms with Gasteiger partial charge in [0.2, 0.25) is 5.91 Å². The van der Waals surface area contributed by atoms with Gasteiger partial charge >= 0.3 is 0 Å². The fraction of sp³-hybridized carbons (Fsp3) is 0.478. The minimum atomic E-state index is -0.0748. The molecule has 2 N–H and O–H groups in total. The fourth-order valence-corrected chi connectivity index (χ4v) is 3.49. The topological polar surface area (TPSA) is 94.9 Å². The lowest BCUT2D eigenvalue weighted by atomic mass is 10.1. The summed E-state index contributed by atoms with van der Waals surface area (Å²) in [6, 6.07) is 7.65. The van der Waals surface area contributed by atoms with Gasteiger partial charge in [-0.05, 0) is 38.0 Å². The zero-order valence-corrected chi connectivity index (χ0v) is 22.1. The number of benzene rings is 1. The van der Waals surface area contributed by atoms with Gasteiger partial charge in [-0.3, -0.25) is 14.3 Å². The van der Waals surface area contributed by atoms with Crippen LogP contribution in [0.4, 0.5) is 5.69 Å². The number of anilines is 1. The van der Waals surface area contributed by atoms with E-state index in [0.717, 1.165) is 17.7 Å². The molecule has 1 saturated heterocycles. The number of hydrogen-bond acceptors (Lipinski definition) is 4. The van der Waals surface area contributed by atoms with Crippen LogP contribution in [0.15, 0.2) is 41.7 Å². The van der Waals surface area contributed by atoms with Crippen LogP contribution in [-0.4, -0.2) is 64.7 Å². The van der Waals surface area contributed by atoms with Crippen molar-refractivity contribution >= 4 is 47.4 Å². The maximum Gasteiger partial charge on any atom is 0.251 e. The number of hydrogen-bond donors (Lipinski definition) is 2. The van der Waals surface area contributed by atoms with Gasteiger partial charge in [0, 0.05) is 44.5 Å². The Bertz CT molecular complexity index is 975. The molecule has 0 spiro atoms. The second-order valence-corrected chi connectivity index (χ2v) is 7.99. The summed E-state index contributed by atoms with van der Waals surface area (Å²) >= 11 is 0. The molecule has 3 rings (SSSR count). The summed E-state index contributed by atoms with van der Waals surface area (Å²) in [5.74, 6) is 0.633. The first kappa shape index (κ1) is 26.6. The number of amides is 2. The van der Waals surface area contributed by atoms with Crippen LogP contribution in [0.1, 0.15) is 43.1 Å². The van der Waals surface area contributed by atoms with Crippen LogP contribution >= 0.6 is 24.0 Å². The van der Waals surface area contributed by atoms with Crippen LogP contribution in [0.5, 0.6) is 0 Å². The Hall–Kier alpha value is -2.63. The number of nitrogens with zero attached hydrogens (tertiary/aromatic N) is 5. The highest BCUT2D eigenvalue weighted by atomic mass is 127. The minimum absolute atomic E-state index is 0. The number of aryl methyl sites for hydroxylation is 1. The van der Waals surface area contributed by atoms with Crippen molar-refractivity contribution in [3.05, 3.63) is 47.8 Å². The lowest BCUT2D eigenvalue weighted by Crippen LogP contribution is -2.55. The van der Waals surface area contributed by atoms with Gasteiger partial charge < -0.3 is 20.4 Å². The maximum atomic E-state index is 12.7. The van der Waals surface area contributed by atoms with E-state index >= 15 is 0 Å². The van der Waals surface area contributed by atoms with Crippen molar-refractivity contribution in [2.45, 2.75) is 39.8 Å². The Morgan fingerprint density at radius 2 is 2.06 bits per heavy atom. The molecule has 9 nitrogen and oxygen atoms in total. The largest absolute Gasteiger partial charge is 0.356 e. The van der Waals surface area contributed by atoms with Crippen molar-refractivity contribution in [2.75, 3.05) is 31.1 Å². The average Bonchev–Trinajstić information content (AvgIpc) is 3.22. The van der Waals surface area contributed by atoms with Gasteiger partial charge in [-0.15, -0.1) is 24.0 Å². The molecule has 0 radical (unpaired) electrons. The Labute approximate surface area is 212 Å². The number of aliphatic imine (C=N–C) groups is 1. The van der Waals surface area contributed by atoms with Crippen molar-refractivity contribution in [2.24, 2.45) is 12.0 Å². The number of aromatic nitrogens is 2. The van der Waals surface area contributed by atoms with E-state index in [1.807, 2.05) is 63.2 Å². The zero-order valence-electron chi connectivity index (χ0n) is 19.7. The molecule has 2 amide bonds. The Balaban J connectivity index is 0.00000385. The van der Waals surface area contributed by atoms with Crippen molar-refractivity contribution in [1.82, 2.24) is 25.3 Å². The van der Waals surface area contributed by atoms with Crippen LogP contribution in [0.25, 0.3) is 0 Å². The number of nitrogens with one attached hydrogen (secondary N) is 2. The zero-order chi connectivity index (χ0) is 23.1. The van der Waals surface area contributed by atoms with E-state index in [1.54, 1.807) is 15.8 Å². The Morgan fingerprint density at radius 3 is 2.70 bits per heavy atom. The normalized spacial score (nSPS) is 15.2. The lowest BCUT2D eigenvalue weighted by molar-refractivity contribution is -0.120. The highest BCUT2D eigenvalue weighted by Crippen LogP contribution is 2.16. The summed E-state index contributed by atoms with van der Waals surface area (Å²) in [6.45, 7) is 8.64. The number of carbonyl (C=O) groups is 2. The molecule has 180 valence electrons. The monoisotopic (exact) mass is 567 g/mol. The predicted octanol–water partition coefficient (Wildman–Crippen LogP) is 2.38. The van der Waals surface area contributed by atoms with Gasteiger partial charge in [-0.25, -0.2) is 4.99 Å². The van der Waals surface area contributed by atoms with E-state index in [-0.39, 0.29) is 48.4 Å². The standard InChI is InChI=1S/C23H33N7O2.HI/c1-5-17(3)27-22(32)19-9-7-8-18(12-19)13-25-23(24-6-2)29-10-11-30(21(31)16-29)20-14-26-28(4)15-20;/h7-9,12,14-15,17H,5-6,10-11,13,16H2,1-4H3,(H,24,25)(H,27,32);1H. The molecule has 1 atom stereocenters. The fourth-order valence-electron chi connectivity index (χ4n) is 3.49. The molecular weight excluding hydrogens is 533 g/mol. The Kier molecular flexibility index (Phi) is 10.1. The first-order chi connectivity index (χ1) is 15.4. The maximum absolute atomic E-state index is 12.7. The van der Waals surface area contributed by atoms with Gasteiger partial charge in [0.1, 0.15) is 6.54 Å². The molecule has 1 aromatic heterocycles. The number of piperazine rings is 1. The molecule has 0 saturated carbocycles. The summed E-state index contributed by atoms with van der Waals surface area (Å²) in [7, 11) is 1.84. The van der Waals surface area contributed by atoms with Crippen LogP contribution in [0, 0.1) is 0 Å². The van der Waals surface area contributed by atoms with Crippen molar-refractivity contribution in [3.63, 3.8) is 0 Å². The highest BCUT2D eigenvalue weighted by molar-refractivity contribution is 14.0. The van der Waals surface area contributed by atoms with E-state index in [4.69, 9.17) is 4.99 Å². The number of carbonyl (C=O) groups excluding carboxylic acids is 2. The van der Waals surface area contributed by atoms with E-state index in [0.29, 0.717) is 37.7 Å². The molecule has 1 aliphatic heterocycles. The minimum Gasteiger partial charge on any atom is -0.356 e. The number of guanidine groups is 1. The third kappa shape index (κ3) is 7.18. The molecule has 0 bridgehead atoms. The number of halogens is 1. The SMILES string of the molecule is CCNC(=NCc1cccc(C(=O)NC(C)CC)c1)N1CCN(c2cnn(C)c2)C(=O)C1.I. The van der Waals surface area contributed by atoms with Crippen molar-refractivity contribution in [1.29, 1.82) is 0 Å². The number of rotatable bonds is 7. The summed E-state index contributed by atoms with van der Waals surface area (Å²) in [5.41, 5.74) is 2.38. The molecule has 1 unspecified atom stereocenters. The molecule has 33 heavy (non-hydrogen) atoms. The summed E-state index contributed by atoms with van der Waals surface area (Å²) < 4.78 is 1.69. The molecule has 1 aromatic carbocycles. The lowest BCUT2D eigenvalue weighted by Gasteiger charge is -2.35. The van der Waals surface area contributed by atoms with E-state index in [1.165, 1.54) is 0 Å². The highest BCUT2D eigenvalue weighted by Gasteiger charge is 2.27. The Morgan fingerprint density at radius 1 is 1.27 bits per heavy atom. The first-order valence-electron chi connectivity index (χ1n) is 11.1. The van der Waals surface area contributed by atoms with Crippen LogP contribution in [-0.2, 0) is 18.4 Å². The van der Waals surface area contributed by atoms with Gasteiger partial charge in [0.05, 0.1) is 18.4 Å². The van der Waals surface area contributed by atoms with Gasteiger partial charge in [-0.1, -0.05) is 19.1 Å². The third-order valence-corrected chi connectivity index (χ3v) is 5.45. The quantitative estimate of drug-likeness (QED) is 0.305. The van der Waals surface area contributed by atoms with Gasteiger partial charge in [0.15, 0.2) is 5.96 Å². The molecule has 2 aromatic rings. The van der Waals surface area contributed by atoms with E-state index in [2.05, 4.69) is 15.7 Å². The molecule has 1 aliphatic rings. The van der Waals surface area contributed by atoms with Crippen LogP contribution in [0.2, 0.25) is 0 Å². The van der Waals surface area contributed by atoms with Gasteiger partial charge in [0.25, 0.3) is 5.91 Å². The average molecular weight is 567 g/mol. The van der Waals surface area contributed by atoms with Crippen molar-refractivity contribution < 1.29 is 9.59 Å². The van der Waals surface area contributed by atoms with Crippen LogP contribution < -0.4 is 15.5 Å². The molecule has 1 fully saturated rings. The summed E-state index contributed by atoms with van der Waals surface area (Å²) in [6.07, 6.45) is 4.43. The van der Waals surface area contributed by atoms with E-state index < -0.39 is 0 Å². The predicted molar refractivity (Wildman–Crippen MR) is 141 cm³/mol. The third-order valence-electron chi connectivity index (χ3n) is 5.45. The second-order valence-electron chi connectivity index (χ2n) is 7.99. The molecule has 0 aliphatic carbocycles. The summed E-state index contributed by atoms with van der Waals surface area (Å²) in [4.78, 5) is 33.6. The van der Waals surface area contributed by atoms with E-state index in [9.17, 15) is 9.59 Å². The summed E-state index contributed by atoms with van der Waals surface area (Å²) in [5, 5.41) is 10.4. The van der Waals surface area contributed by atoms with Crippen LogP contribution in [0.3, 0.4) is 0 Å².